The minimum Gasteiger partial charge on any atom is -0.481 e. The van der Waals surface area contributed by atoms with Crippen molar-refractivity contribution in [3.63, 3.8) is 0 Å². The fourth-order valence-electron chi connectivity index (χ4n) is 2.51. The third kappa shape index (κ3) is 5.59. The van der Waals surface area contributed by atoms with Gasteiger partial charge in [0.1, 0.15) is 9.84 Å². The van der Waals surface area contributed by atoms with E-state index in [-0.39, 0.29) is 17.6 Å². The molecule has 0 aliphatic heterocycles. The minimum atomic E-state index is -3.13. The van der Waals surface area contributed by atoms with Gasteiger partial charge in [0.15, 0.2) is 0 Å². The van der Waals surface area contributed by atoms with E-state index in [1.807, 2.05) is 0 Å². The van der Waals surface area contributed by atoms with Crippen LogP contribution in [0.1, 0.15) is 32.6 Å². The smallest absolute Gasteiger partial charge is 0.306 e. The zero-order chi connectivity index (χ0) is 14.6. The second kappa shape index (κ2) is 6.36. The van der Waals surface area contributed by atoms with Crippen LogP contribution in [0.25, 0.3) is 0 Å². The van der Waals surface area contributed by atoms with E-state index in [1.54, 1.807) is 6.92 Å². The quantitative estimate of drug-likeness (QED) is 0.765. The van der Waals surface area contributed by atoms with E-state index in [1.165, 1.54) is 0 Å². The number of carboxylic acid groups (broad SMARTS) is 1. The van der Waals surface area contributed by atoms with Gasteiger partial charge in [-0.2, -0.15) is 0 Å². The summed E-state index contributed by atoms with van der Waals surface area (Å²) < 4.78 is 22.2. The standard InChI is InChI=1S/C12H21NO5S/c1-8(7-19(2,17)18)13-11(14)9-4-3-5-10(6-9)12(15)16/h8-10H,3-7H2,1-2H3,(H,13,14)(H,15,16). The van der Waals surface area contributed by atoms with Gasteiger partial charge < -0.3 is 10.4 Å². The fraction of sp³-hybridized carbons (Fsp3) is 0.833. The summed E-state index contributed by atoms with van der Waals surface area (Å²) in [6.07, 6.45) is 3.46. The van der Waals surface area contributed by atoms with Crippen LogP contribution < -0.4 is 5.32 Å². The second-order valence-electron chi connectivity index (χ2n) is 5.40. The van der Waals surface area contributed by atoms with Crippen molar-refractivity contribution in [2.75, 3.05) is 12.0 Å². The molecular formula is C12H21NO5S. The van der Waals surface area contributed by atoms with Crippen LogP contribution in [-0.4, -0.2) is 43.5 Å². The van der Waals surface area contributed by atoms with Crippen LogP contribution in [0.3, 0.4) is 0 Å². The van der Waals surface area contributed by atoms with E-state index in [9.17, 15) is 18.0 Å². The molecule has 1 aliphatic rings. The zero-order valence-electron chi connectivity index (χ0n) is 11.3. The molecule has 7 heteroatoms. The molecule has 0 bridgehead atoms. The maximum atomic E-state index is 12.0. The molecule has 19 heavy (non-hydrogen) atoms. The molecule has 0 aromatic rings. The van der Waals surface area contributed by atoms with Gasteiger partial charge in [-0.1, -0.05) is 6.42 Å². The van der Waals surface area contributed by atoms with Crippen molar-refractivity contribution in [3.8, 4) is 0 Å². The highest BCUT2D eigenvalue weighted by atomic mass is 32.2. The Morgan fingerprint density at radius 1 is 1.32 bits per heavy atom. The van der Waals surface area contributed by atoms with Crippen LogP contribution in [-0.2, 0) is 19.4 Å². The van der Waals surface area contributed by atoms with Gasteiger partial charge in [-0.3, -0.25) is 9.59 Å². The summed E-state index contributed by atoms with van der Waals surface area (Å²) in [6.45, 7) is 1.64. The first-order chi connectivity index (χ1) is 8.69. The van der Waals surface area contributed by atoms with Gasteiger partial charge in [0.25, 0.3) is 0 Å². The summed E-state index contributed by atoms with van der Waals surface area (Å²) in [5.41, 5.74) is 0. The predicted molar refractivity (Wildman–Crippen MR) is 70.4 cm³/mol. The lowest BCUT2D eigenvalue weighted by Crippen LogP contribution is -2.42. The van der Waals surface area contributed by atoms with Gasteiger partial charge in [0.2, 0.25) is 5.91 Å². The molecule has 1 rings (SSSR count). The topological polar surface area (TPSA) is 101 Å². The Morgan fingerprint density at radius 2 is 1.89 bits per heavy atom. The Bertz CT molecular complexity index is 445. The number of aliphatic carboxylic acids is 1. The molecule has 0 aromatic heterocycles. The number of sulfone groups is 1. The highest BCUT2D eigenvalue weighted by Crippen LogP contribution is 2.29. The van der Waals surface area contributed by atoms with Gasteiger partial charge in [-0.15, -0.1) is 0 Å². The Hall–Kier alpha value is -1.11. The molecule has 1 saturated carbocycles. The number of carbonyl (C=O) groups excluding carboxylic acids is 1. The van der Waals surface area contributed by atoms with E-state index in [4.69, 9.17) is 5.11 Å². The van der Waals surface area contributed by atoms with Gasteiger partial charge in [0.05, 0.1) is 11.7 Å². The average Bonchev–Trinajstić information content (AvgIpc) is 2.26. The van der Waals surface area contributed by atoms with Crippen molar-refractivity contribution >= 4 is 21.7 Å². The predicted octanol–water partition coefficient (Wildman–Crippen LogP) is 0.427. The Balaban J connectivity index is 2.51. The molecule has 6 nitrogen and oxygen atoms in total. The highest BCUT2D eigenvalue weighted by molar-refractivity contribution is 7.90. The first-order valence-corrected chi connectivity index (χ1v) is 8.46. The summed E-state index contributed by atoms with van der Waals surface area (Å²) in [7, 11) is -3.13. The van der Waals surface area contributed by atoms with Crippen LogP contribution in [0.4, 0.5) is 0 Å². The van der Waals surface area contributed by atoms with E-state index in [2.05, 4.69) is 5.32 Å². The molecule has 1 amide bonds. The van der Waals surface area contributed by atoms with Crippen LogP contribution >= 0.6 is 0 Å². The molecule has 0 heterocycles. The lowest BCUT2D eigenvalue weighted by molar-refractivity contribution is -0.144. The molecule has 0 spiro atoms. The van der Waals surface area contributed by atoms with Gasteiger partial charge in [-0.25, -0.2) is 8.42 Å². The first kappa shape index (κ1) is 15.9. The molecule has 0 radical (unpaired) electrons. The number of hydrogen-bond donors (Lipinski definition) is 2. The second-order valence-corrected chi connectivity index (χ2v) is 7.59. The van der Waals surface area contributed by atoms with Crippen molar-refractivity contribution in [2.24, 2.45) is 11.8 Å². The third-order valence-electron chi connectivity index (χ3n) is 3.34. The molecule has 1 aliphatic carbocycles. The Labute approximate surface area is 113 Å². The SMILES string of the molecule is CC(CS(C)(=O)=O)NC(=O)C1CCCC(C(=O)O)C1. The van der Waals surface area contributed by atoms with E-state index in [0.29, 0.717) is 19.3 Å². The van der Waals surface area contributed by atoms with Crippen molar-refractivity contribution < 1.29 is 23.1 Å². The lowest BCUT2D eigenvalue weighted by atomic mass is 9.81. The normalized spacial score (nSPS) is 25.6. The van der Waals surface area contributed by atoms with Crippen LogP contribution in [0, 0.1) is 11.8 Å². The number of hydrogen-bond acceptors (Lipinski definition) is 4. The third-order valence-corrected chi connectivity index (χ3v) is 4.44. The zero-order valence-corrected chi connectivity index (χ0v) is 12.1. The Morgan fingerprint density at radius 3 is 2.42 bits per heavy atom. The van der Waals surface area contributed by atoms with Gasteiger partial charge in [-0.05, 0) is 26.2 Å². The summed E-state index contributed by atoms with van der Waals surface area (Å²) in [5, 5.41) is 11.6. The first-order valence-electron chi connectivity index (χ1n) is 6.40. The molecular weight excluding hydrogens is 270 g/mol. The highest BCUT2D eigenvalue weighted by Gasteiger charge is 2.31. The number of carboxylic acids is 1. The maximum absolute atomic E-state index is 12.0. The number of rotatable bonds is 5. The van der Waals surface area contributed by atoms with Crippen LogP contribution in [0.2, 0.25) is 0 Å². The molecule has 0 aromatic carbocycles. The van der Waals surface area contributed by atoms with Gasteiger partial charge >= 0.3 is 5.97 Å². The Kier molecular flexibility index (Phi) is 5.34. The summed E-state index contributed by atoms with van der Waals surface area (Å²) in [5.74, 6) is -1.98. The van der Waals surface area contributed by atoms with Crippen molar-refractivity contribution in [1.29, 1.82) is 0 Å². The summed E-state index contributed by atoms with van der Waals surface area (Å²) in [4.78, 5) is 22.9. The van der Waals surface area contributed by atoms with Gasteiger partial charge in [0, 0.05) is 18.2 Å². The summed E-state index contributed by atoms with van der Waals surface area (Å²) in [6, 6.07) is -0.451. The minimum absolute atomic E-state index is 0.103. The molecule has 1 fully saturated rings. The lowest BCUT2D eigenvalue weighted by Gasteiger charge is -2.26. The van der Waals surface area contributed by atoms with Crippen molar-refractivity contribution in [2.45, 2.75) is 38.6 Å². The maximum Gasteiger partial charge on any atom is 0.306 e. The molecule has 0 saturated heterocycles. The monoisotopic (exact) mass is 291 g/mol. The fourth-order valence-corrected chi connectivity index (χ4v) is 3.50. The van der Waals surface area contributed by atoms with E-state index >= 15 is 0 Å². The number of carbonyl (C=O) groups is 2. The van der Waals surface area contributed by atoms with Crippen LogP contribution in [0.15, 0.2) is 0 Å². The number of nitrogens with one attached hydrogen (secondary N) is 1. The van der Waals surface area contributed by atoms with Crippen LogP contribution in [0.5, 0.6) is 0 Å². The van der Waals surface area contributed by atoms with E-state index in [0.717, 1.165) is 12.7 Å². The molecule has 110 valence electrons. The van der Waals surface area contributed by atoms with Crippen molar-refractivity contribution in [1.82, 2.24) is 5.32 Å². The van der Waals surface area contributed by atoms with Crippen molar-refractivity contribution in [3.05, 3.63) is 0 Å². The number of amides is 1. The molecule has 2 N–H and O–H groups in total. The average molecular weight is 291 g/mol. The molecule has 3 unspecified atom stereocenters. The summed E-state index contributed by atoms with van der Waals surface area (Å²) >= 11 is 0. The van der Waals surface area contributed by atoms with E-state index < -0.39 is 27.8 Å². The molecule has 3 atom stereocenters. The largest absolute Gasteiger partial charge is 0.481 e.